The van der Waals surface area contributed by atoms with E-state index in [1.165, 1.54) is 36.4 Å². The molecule has 8 heteroatoms. The molecule has 0 N–H and O–H groups in total. The first-order valence-corrected chi connectivity index (χ1v) is 11.2. The number of ether oxygens (including phenoxy) is 1. The minimum atomic E-state index is -4.35. The number of benzene rings is 4. The Morgan fingerprint density at radius 3 is 2.29 bits per heavy atom. The summed E-state index contributed by atoms with van der Waals surface area (Å²) in [5.41, 5.74) is -0.0580. The Balaban J connectivity index is 1.63. The number of hydrogen-bond donors (Lipinski definition) is 0. The molecule has 4 aromatic rings. The van der Waals surface area contributed by atoms with Crippen LogP contribution in [0.4, 0.5) is 0 Å². The molecule has 0 aliphatic carbocycles. The normalized spacial score (nSPS) is 11.3. The number of rotatable bonds is 5. The summed E-state index contributed by atoms with van der Waals surface area (Å²) in [5.74, 6) is -0.637. The fourth-order valence-corrected chi connectivity index (χ4v) is 4.62. The van der Waals surface area contributed by atoms with E-state index < -0.39 is 16.1 Å². The Labute approximate surface area is 188 Å². The Bertz CT molecular complexity index is 1400. The lowest BCUT2D eigenvalue weighted by Crippen LogP contribution is -2.15. The van der Waals surface area contributed by atoms with Crippen molar-refractivity contribution in [3.05, 3.63) is 101 Å². The Hall–Kier alpha value is -3.06. The summed E-state index contributed by atoms with van der Waals surface area (Å²) >= 11 is 11.9. The van der Waals surface area contributed by atoms with Crippen molar-refractivity contribution in [2.75, 3.05) is 0 Å². The third-order valence-electron chi connectivity index (χ3n) is 4.40. The second-order valence-corrected chi connectivity index (χ2v) is 8.87. The van der Waals surface area contributed by atoms with Crippen LogP contribution in [0, 0.1) is 0 Å². The van der Waals surface area contributed by atoms with E-state index >= 15 is 0 Å². The molecule has 0 atom stereocenters. The van der Waals surface area contributed by atoms with E-state index in [1.54, 1.807) is 18.2 Å². The molecule has 0 fully saturated rings. The fourth-order valence-electron chi connectivity index (χ4n) is 2.93. The maximum absolute atomic E-state index is 12.8. The summed E-state index contributed by atoms with van der Waals surface area (Å²) in [6.45, 7) is 0. The number of fused-ring (bicyclic) bond motifs is 1. The van der Waals surface area contributed by atoms with Gasteiger partial charge >= 0.3 is 16.1 Å². The van der Waals surface area contributed by atoms with Gasteiger partial charge in [0.15, 0.2) is 5.75 Å². The Kier molecular flexibility index (Phi) is 5.87. The van der Waals surface area contributed by atoms with Crippen molar-refractivity contribution >= 4 is 50.1 Å². The molecule has 0 amide bonds. The van der Waals surface area contributed by atoms with Gasteiger partial charge in [0.1, 0.15) is 16.2 Å². The molecule has 0 saturated heterocycles. The summed E-state index contributed by atoms with van der Waals surface area (Å²) in [6.07, 6.45) is 0. The van der Waals surface area contributed by atoms with E-state index in [9.17, 15) is 13.2 Å². The van der Waals surface area contributed by atoms with Crippen molar-refractivity contribution in [2.45, 2.75) is 4.90 Å². The number of esters is 1. The van der Waals surface area contributed by atoms with Gasteiger partial charge in [-0.05, 0) is 53.2 Å². The molecule has 0 aliphatic rings. The van der Waals surface area contributed by atoms with Gasteiger partial charge in [-0.1, -0.05) is 65.7 Å². The van der Waals surface area contributed by atoms with Gasteiger partial charge in [0, 0.05) is 5.02 Å². The topological polar surface area (TPSA) is 69.7 Å². The summed E-state index contributed by atoms with van der Waals surface area (Å²) in [5, 5.41) is 2.02. The lowest BCUT2D eigenvalue weighted by atomic mass is 10.1. The predicted octanol–water partition coefficient (Wildman–Crippen LogP) is 6.13. The standard InChI is InChI=1S/C23H14Cl2O5S/c24-17-10-12-20(25)22(14-17)31(27,28)30-21-8-4-3-7-19(21)23(26)29-18-11-9-15-5-1-2-6-16(15)13-18/h1-14H. The van der Waals surface area contributed by atoms with Crippen LogP contribution in [0.3, 0.4) is 0 Å². The van der Waals surface area contributed by atoms with Crippen molar-refractivity contribution in [2.24, 2.45) is 0 Å². The van der Waals surface area contributed by atoms with Gasteiger partial charge < -0.3 is 8.92 Å². The maximum Gasteiger partial charge on any atom is 0.347 e. The van der Waals surface area contributed by atoms with E-state index in [1.807, 2.05) is 30.3 Å². The first kappa shape index (κ1) is 21.2. The molecule has 0 spiro atoms. The number of hydrogen-bond acceptors (Lipinski definition) is 5. The van der Waals surface area contributed by atoms with Gasteiger partial charge in [0.2, 0.25) is 0 Å². The smallest absolute Gasteiger partial charge is 0.347 e. The molecule has 4 aromatic carbocycles. The van der Waals surface area contributed by atoms with Crippen LogP contribution in [0.2, 0.25) is 10.0 Å². The molecule has 0 bridgehead atoms. The maximum atomic E-state index is 12.8. The van der Waals surface area contributed by atoms with Crippen molar-refractivity contribution in [3.63, 3.8) is 0 Å². The van der Waals surface area contributed by atoms with Crippen molar-refractivity contribution in [3.8, 4) is 11.5 Å². The molecule has 5 nitrogen and oxygen atoms in total. The SMILES string of the molecule is O=C(Oc1ccc2ccccc2c1)c1ccccc1OS(=O)(=O)c1cc(Cl)ccc1Cl. The molecule has 0 heterocycles. The van der Waals surface area contributed by atoms with Crippen molar-refractivity contribution in [1.82, 2.24) is 0 Å². The number of carbonyl (C=O) groups is 1. The van der Waals surface area contributed by atoms with E-state index in [0.29, 0.717) is 5.75 Å². The quantitative estimate of drug-likeness (QED) is 0.198. The van der Waals surface area contributed by atoms with Gasteiger partial charge in [-0.15, -0.1) is 0 Å². The molecule has 0 radical (unpaired) electrons. The van der Waals surface area contributed by atoms with Gasteiger partial charge in [0.05, 0.1) is 5.02 Å². The van der Waals surface area contributed by atoms with E-state index in [0.717, 1.165) is 10.8 Å². The van der Waals surface area contributed by atoms with Gasteiger partial charge in [-0.2, -0.15) is 8.42 Å². The lowest BCUT2D eigenvalue weighted by molar-refractivity contribution is 0.0733. The van der Waals surface area contributed by atoms with Crippen LogP contribution < -0.4 is 8.92 Å². The second-order valence-electron chi connectivity index (χ2n) is 6.51. The molecular weight excluding hydrogens is 459 g/mol. The highest BCUT2D eigenvalue weighted by atomic mass is 35.5. The van der Waals surface area contributed by atoms with Gasteiger partial charge in [0.25, 0.3) is 0 Å². The average Bonchev–Trinajstić information content (AvgIpc) is 2.75. The average molecular weight is 473 g/mol. The van der Waals surface area contributed by atoms with Crippen LogP contribution in [0.15, 0.2) is 89.8 Å². The monoisotopic (exact) mass is 472 g/mol. The summed E-state index contributed by atoms with van der Waals surface area (Å²) in [4.78, 5) is 12.5. The van der Waals surface area contributed by atoms with Crippen LogP contribution in [0.25, 0.3) is 10.8 Å². The van der Waals surface area contributed by atoms with Crippen LogP contribution in [0.1, 0.15) is 10.4 Å². The zero-order chi connectivity index (χ0) is 22.0. The van der Waals surface area contributed by atoms with Gasteiger partial charge in [-0.25, -0.2) is 4.79 Å². The number of halogens is 2. The van der Waals surface area contributed by atoms with Crippen LogP contribution in [-0.2, 0) is 10.1 Å². The Morgan fingerprint density at radius 2 is 1.48 bits per heavy atom. The molecule has 4 rings (SSSR count). The summed E-state index contributed by atoms with van der Waals surface area (Å²) in [7, 11) is -4.35. The minimum Gasteiger partial charge on any atom is -0.423 e. The van der Waals surface area contributed by atoms with E-state index in [-0.39, 0.29) is 26.3 Å². The molecule has 31 heavy (non-hydrogen) atoms. The summed E-state index contributed by atoms with van der Waals surface area (Å²) < 4.78 is 36.1. The second kappa shape index (κ2) is 8.59. The highest BCUT2D eigenvalue weighted by molar-refractivity contribution is 7.87. The van der Waals surface area contributed by atoms with Crippen molar-refractivity contribution in [1.29, 1.82) is 0 Å². The molecular formula is C23H14Cl2O5S. The molecule has 0 aliphatic heterocycles. The summed E-state index contributed by atoms with van der Waals surface area (Å²) in [6, 6.07) is 22.7. The van der Waals surface area contributed by atoms with Crippen molar-refractivity contribution < 1.29 is 22.1 Å². The first-order valence-electron chi connectivity index (χ1n) is 9.03. The van der Waals surface area contributed by atoms with Gasteiger partial charge in [-0.3, -0.25) is 0 Å². The Morgan fingerprint density at radius 1 is 0.774 bits per heavy atom. The van der Waals surface area contributed by atoms with E-state index in [2.05, 4.69) is 0 Å². The van der Waals surface area contributed by atoms with Crippen LogP contribution in [0.5, 0.6) is 11.5 Å². The molecule has 0 aromatic heterocycles. The highest BCUT2D eigenvalue weighted by Crippen LogP contribution is 2.30. The lowest BCUT2D eigenvalue weighted by Gasteiger charge is -2.12. The number of carbonyl (C=O) groups excluding carboxylic acids is 1. The minimum absolute atomic E-state index is 0.0550. The predicted molar refractivity (Wildman–Crippen MR) is 120 cm³/mol. The van der Waals surface area contributed by atoms with Crippen LogP contribution in [-0.4, -0.2) is 14.4 Å². The highest BCUT2D eigenvalue weighted by Gasteiger charge is 2.24. The number of para-hydroxylation sites is 1. The molecule has 0 saturated carbocycles. The first-order chi connectivity index (χ1) is 14.8. The molecule has 156 valence electrons. The fraction of sp³-hybridized carbons (Fsp3) is 0. The molecule has 0 unspecified atom stereocenters. The largest absolute Gasteiger partial charge is 0.423 e. The van der Waals surface area contributed by atoms with Crippen LogP contribution >= 0.6 is 23.2 Å². The van der Waals surface area contributed by atoms with E-state index in [4.69, 9.17) is 32.1 Å². The zero-order valence-corrected chi connectivity index (χ0v) is 18.1. The third-order valence-corrected chi connectivity index (χ3v) is 6.35. The zero-order valence-electron chi connectivity index (χ0n) is 15.8. The third kappa shape index (κ3) is 4.66.